The summed E-state index contributed by atoms with van der Waals surface area (Å²) in [5, 5.41) is 29.6. The molecule has 0 saturated carbocycles. The normalized spacial score (nSPS) is 13.0. The summed E-state index contributed by atoms with van der Waals surface area (Å²) in [5.74, 6) is 3.90. The number of amides is 1. The van der Waals surface area contributed by atoms with Crippen molar-refractivity contribution in [2.24, 2.45) is 0 Å². The molecule has 2 aliphatic heterocycles. The number of aryl methyl sites for hydroxylation is 4. The number of nitrogen functional groups attached to an aromatic ring is 1. The second kappa shape index (κ2) is 26.0. The summed E-state index contributed by atoms with van der Waals surface area (Å²) in [4.78, 5) is 25.5. The van der Waals surface area contributed by atoms with Crippen molar-refractivity contribution in [3.05, 3.63) is 207 Å². The lowest BCUT2D eigenvalue weighted by Gasteiger charge is -2.29. The number of hydrogen-bond donors (Lipinski definition) is 2. The fourth-order valence-corrected chi connectivity index (χ4v) is 11.0. The highest BCUT2D eigenvalue weighted by Gasteiger charge is 2.23. The Kier molecular flexibility index (Phi) is 17.5. The van der Waals surface area contributed by atoms with E-state index in [9.17, 15) is 4.79 Å². The molecule has 1 amide bonds. The quantitative estimate of drug-likeness (QED) is 0.0816. The van der Waals surface area contributed by atoms with E-state index in [0.29, 0.717) is 34.2 Å². The number of nitrogens with one attached hydrogen (secondary N) is 1. The number of benzene rings is 7. The Balaban J connectivity index is 0.000000188. The van der Waals surface area contributed by atoms with Crippen LogP contribution in [0.5, 0.6) is 23.0 Å². The maximum absolute atomic E-state index is 13.4. The Bertz CT molecular complexity index is 4020. The molecule has 0 spiro atoms. The van der Waals surface area contributed by atoms with Crippen molar-refractivity contribution in [1.29, 1.82) is 0 Å². The van der Waals surface area contributed by atoms with Gasteiger partial charge in [-0.15, -0.1) is 30.0 Å². The summed E-state index contributed by atoms with van der Waals surface area (Å²) in [5.41, 5.74) is 25.5. The van der Waals surface area contributed by atoms with Gasteiger partial charge in [-0.05, 0) is 228 Å². The van der Waals surface area contributed by atoms with Crippen molar-refractivity contribution < 1.29 is 23.7 Å². The molecule has 2 aliphatic rings. The number of carbonyl (C=O) groups is 1. The van der Waals surface area contributed by atoms with E-state index in [2.05, 4.69) is 101 Å². The summed E-state index contributed by atoms with van der Waals surface area (Å²) in [7, 11) is 6.72. The molecule has 10 aromatic rings. The summed E-state index contributed by atoms with van der Waals surface area (Å²) in [6.07, 6.45) is 7.41. The molecule has 5 heterocycles. The smallest absolute Gasteiger partial charge is 0.255 e. The highest BCUT2D eigenvalue weighted by atomic mass is 16.5. The Morgan fingerprint density at radius 3 is 1.43 bits per heavy atom. The average Bonchev–Trinajstić information content (AvgIpc) is 4.35. The molecule has 3 N–H and O–H groups in total. The molecule has 0 atom stereocenters. The van der Waals surface area contributed by atoms with Crippen molar-refractivity contribution in [3.63, 3.8) is 0 Å². The van der Waals surface area contributed by atoms with Gasteiger partial charge in [-0.1, -0.05) is 36.4 Å². The number of nitrogens with two attached hydrogens (primary N) is 1. The molecular weight excluding hydrogens is 1080 g/mol. The molecule has 3 aromatic heterocycles. The molecule has 18 heteroatoms. The van der Waals surface area contributed by atoms with Crippen LogP contribution in [0, 0.1) is 27.7 Å². The highest BCUT2D eigenvalue weighted by molar-refractivity contribution is 6.06. The molecule has 0 bridgehead atoms. The van der Waals surface area contributed by atoms with E-state index in [1.165, 1.54) is 38.2 Å². The Morgan fingerprint density at radius 1 is 0.512 bits per heavy atom. The van der Waals surface area contributed by atoms with E-state index >= 15 is 0 Å². The van der Waals surface area contributed by atoms with Crippen LogP contribution in [0.25, 0.3) is 45.3 Å². The molecule has 12 rings (SSSR count). The third-order valence-electron chi connectivity index (χ3n) is 16.4. The molecular formula is C68H71N13O5. The van der Waals surface area contributed by atoms with Crippen LogP contribution in [0.3, 0.4) is 0 Å². The number of tetrazole rings is 2. The molecule has 7 aromatic carbocycles. The fraction of sp³-hybridized carbons (Fsp3) is 0.265. The van der Waals surface area contributed by atoms with E-state index in [1.54, 1.807) is 45.6 Å². The first-order valence-corrected chi connectivity index (χ1v) is 28.8. The second-order valence-corrected chi connectivity index (χ2v) is 21.9. The zero-order valence-electron chi connectivity index (χ0n) is 50.0. The van der Waals surface area contributed by atoms with Crippen molar-refractivity contribution in [1.82, 2.24) is 55.2 Å². The van der Waals surface area contributed by atoms with Crippen LogP contribution >= 0.6 is 0 Å². The lowest BCUT2D eigenvalue weighted by Crippen LogP contribution is -2.32. The van der Waals surface area contributed by atoms with Crippen LogP contribution in [0.2, 0.25) is 0 Å². The number of fused-ring (bicyclic) bond motifs is 2. The molecule has 86 heavy (non-hydrogen) atoms. The van der Waals surface area contributed by atoms with E-state index < -0.39 is 0 Å². The Morgan fingerprint density at radius 2 is 0.942 bits per heavy atom. The number of methoxy groups -OCH3 is 4. The van der Waals surface area contributed by atoms with Gasteiger partial charge in [0.15, 0.2) is 23.0 Å². The van der Waals surface area contributed by atoms with Gasteiger partial charge in [-0.25, -0.2) is 0 Å². The maximum Gasteiger partial charge on any atom is 0.255 e. The standard InChI is InChI=1S/C40H39N7O3.C28H32N6O2/c1-26-21-35(36(22-27(26)2)42-40(48)31-9-7-29(8-10-31)30-13-17-41-18-14-30)39-43-45-47(44-39)34-11-5-28(6-12-34)15-19-46-20-16-32-23-37(49-3)38(50-4)24-33(32)25-46;1-18-13-24(25(29)14-19(18)2)28-30-32-34(31-28)23-7-5-20(6-8-23)9-11-33-12-10-21-15-26(35-3)27(36-4)16-22(21)17-33/h5-14,17-18,21-24H,15-16,19-20,25H2,1-4H3,(H,42,48);5-8,13-16H,9-12,17,29H2,1-4H3. The zero-order valence-corrected chi connectivity index (χ0v) is 50.0. The molecule has 0 unspecified atom stereocenters. The van der Waals surface area contributed by atoms with Crippen LogP contribution in [0.1, 0.15) is 66.0 Å². The molecule has 0 fully saturated rings. The van der Waals surface area contributed by atoms with Gasteiger partial charge in [0.2, 0.25) is 11.6 Å². The Hall–Kier alpha value is -9.78. The number of nitrogens with zero attached hydrogens (tertiary/aromatic N) is 11. The van der Waals surface area contributed by atoms with E-state index in [4.69, 9.17) is 29.8 Å². The third kappa shape index (κ3) is 13.1. The predicted molar refractivity (Wildman–Crippen MR) is 335 cm³/mol. The van der Waals surface area contributed by atoms with Crippen LogP contribution in [0.4, 0.5) is 11.4 Å². The van der Waals surface area contributed by atoms with Crippen molar-refractivity contribution >= 4 is 17.3 Å². The largest absolute Gasteiger partial charge is 0.493 e. The first-order chi connectivity index (χ1) is 41.8. The number of aromatic nitrogens is 9. The van der Waals surface area contributed by atoms with E-state index in [1.807, 2.05) is 106 Å². The number of rotatable bonds is 17. The van der Waals surface area contributed by atoms with Gasteiger partial charge in [0.25, 0.3) is 5.91 Å². The van der Waals surface area contributed by atoms with Gasteiger partial charge < -0.3 is 30.0 Å². The van der Waals surface area contributed by atoms with Gasteiger partial charge in [0.05, 0.1) is 45.5 Å². The van der Waals surface area contributed by atoms with E-state index in [0.717, 1.165) is 138 Å². The van der Waals surface area contributed by atoms with Gasteiger partial charge in [0, 0.05) is 74.0 Å². The number of hydrogen-bond acceptors (Lipinski definition) is 15. The van der Waals surface area contributed by atoms with Crippen LogP contribution in [-0.4, -0.2) is 116 Å². The van der Waals surface area contributed by atoms with Crippen molar-refractivity contribution in [2.45, 2.75) is 66.5 Å². The minimum atomic E-state index is -0.215. The number of ether oxygens (including phenoxy) is 4. The Labute approximate surface area is 501 Å². The van der Waals surface area contributed by atoms with Crippen LogP contribution in [0.15, 0.2) is 146 Å². The lowest BCUT2D eigenvalue weighted by molar-refractivity contribution is 0.102. The highest BCUT2D eigenvalue weighted by Crippen LogP contribution is 2.36. The van der Waals surface area contributed by atoms with E-state index in [-0.39, 0.29) is 5.91 Å². The molecule has 0 radical (unpaired) electrons. The summed E-state index contributed by atoms with van der Waals surface area (Å²) in [6, 6.07) is 44.4. The number of pyridine rings is 1. The number of carbonyl (C=O) groups excluding carboxylic acids is 1. The van der Waals surface area contributed by atoms with Crippen LogP contribution < -0.4 is 30.0 Å². The summed E-state index contributed by atoms with van der Waals surface area (Å²) in [6.45, 7) is 13.9. The van der Waals surface area contributed by atoms with Gasteiger partial charge >= 0.3 is 0 Å². The molecule has 0 saturated heterocycles. The lowest BCUT2D eigenvalue weighted by atomic mass is 9.98. The summed E-state index contributed by atoms with van der Waals surface area (Å²) >= 11 is 0. The SMILES string of the molecule is COc1cc2c(cc1OC)CN(CCc1ccc(-n3nnc(-c4cc(C)c(C)cc4N)n3)cc1)CC2.COc1cc2c(cc1OC)CN(CCc1ccc(-n3nnc(-c4cc(C)c(C)cc4NC(=O)c4ccc(-c5ccncc5)cc4)n3)cc1)CC2. The van der Waals surface area contributed by atoms with Gasteiger partial charge in [-0.2, -0.15) is 0 Å². The first-order valence-electron chi connectivity index (χ1n) is 28.8. The molecule has 438 valence electrons. The van der Waals surface area contributed by atoms with Crippen LogP contribution in [-0.2, 0) is 38.8 Å². The second-order valence-electron chi connectivity index (χ2n) is 21.9. The first kappa shape index (κ1) is 58.0. The molecule has 0 aliphatic carbocycles. The van der Waals surface area contributed by atoms with Crippen molar-refractivity contribution in [3.8, 4) is 68.3 Å². The van der Waals surface area contributed by atoms with Gasteiger partial charge in [-0.3, -0.25) is 19.6 Å². The van der Waals surface area contributed by atoms with Gasteiger partial charge in [0.1, 0.15) is 0 Å². The zero-order chi connectivity index (χ0) is 59.8. The number of anilines is 2. The fourth-order valence-electron chi connectivity index (χ4n) is 11.0. The summed E-state index contributed by atoms with van der Waals surface area (Å²) < 4.78 is 22.0. The van der Waals surface area contributed by atoms with Crippen molar-refractivity contribution in [2.75, 3.05) is 65.7 Å². The third-order valence-corrected chi connectivity index (χ3v) is 16.4. The monoisotopic (exact) mass is 1150 g/mol. The minimum Gasteiger partial charge on any atom is -0.493 e. The average molecular weight is 1150 g/mol. The molecule has 18 nitrogen and oxygen atoms in total. The topological polar surface area (TPSA) is 199 Å². The maximum atomic E-state index is 13.4. The minimum absolute atomic E-state index is 0.215. The predicted octanol–water partition coefficient (Wildman–Crippen LogP) is 11.0.